The lowest BCUT2D eigenvalue weighted by Crippen LogP contribution is -2.34. The predicted octanol–water partition coefficient (Wildman–Crippen LogP) is 2.55. The fourth-order valence-corrected chi connectivity index (χ4v) is 3.29. The second kappa shape index (κ2) is 7.83. The summed E-state index contributed by atoms with van der Waals surface area (Å²) < 4.78 is 11.1. The maximum absolute atomic E-state index is 12.2. The Morgan fingerprint density at radius 2 is 2.14 bits per heavy atom. The molecule has 0 radical (unpaired) electrons. The molecule has 2 aromatic rings. The fraction of sp³-hybridized carbons (Fsp3) is 0.286. The Morgan fingerprint density at radius 3 is 2.93 bits per heavy atom. The summed E-state index contributed by atoms with van der Waals surface area (Å²) in [6.07, 6.45) is 0.846. The van der Waals surface area contributed by atoms with Gasteiger partial charge in [-0.05, 0) is 43.7 Å². The number of benzene rings is 2. The lowest BCUT2D eigenvalue weighted by Gasteiger charge is -2.23. The molecule has 0 saturated carbocycles. The summed E-state index contributed by atoms with van der Waals surface area (Å²) in [5.74, 6) is 0.583. The number of nitrogens with zero attached hydrogens (tertiary/aromatic N) is 1. The van der Waals surface area contributed by atoms with E-state index >= 15 is 0 Å². The van der Waals surface area contributed by atoms with Crippen LogP contribution in [0.15, 0.2) is 42.5 Å². The first-order chi connectivity index (χ1) is 14.0. The molecule has 2 aromatic carbocycles. The van der Waals surface area contributed by atoms with E-state index in [4.69, 9.17) is 9.47 Å². The molecule has 8 nitrogen and oxygen atoms in total. The third-order valence-corrected chi connectivity index (χ3v) is 4.77. The van der Waals surface area contributed by atoms with E-state index in [1.54, 1.807) is 48.2 Å². The van der Waals surface area contributed by atoms with Crippen molar-refractivity contribution in [1.82, 2.24) is 0 Å². The molecule has 0 aromatic heterocycles. The zero-order chi connectivity index (χ0) is 20.4. The van der Waals surface area contributed by atoms with Crippen molar-refractivity contribution in [2.24, 2.45) is 0 Å². The van der Waals surface area contributed by atoms with Crippen LogP contribution in [-0.4, -0.2) is 37.0 Å². The third-order valence-electron chi connectivity index (χ3n) is 4.77. The molecule has 1 unspecified atom stereocenters. The highest BCUT2D eigenvalue weighted by Crippen LogP contribution is 2.32. The zero-order valence-corrected chi connectivity index (χ0v) is 15.9. The molecule has 2 heterocycles. The van der Waals surface area contributed by atoms with Gasteiger partial charge in [-0.3, -0.25) is 14.4 Å². The molecule has 2 N–H and O–H groups in total. The fourth-order valence-electron chi connectivity index (χ4n) is 3.29. The summed E-state index contributed by atoms with van der Waals surface area (Å²) >= 11 is 0. The van der Waals surface area contributed by atoms with Gasteiger partial charge in [0.25, 0.3) is 11.8 Å². The van der Waals surface area contributed by atoms with Crippen LogP contribution in [0.4, 0.5) is 17.1 Å². The highest BCUT2D eigenvalue weighted by molar-refractivity contribution is 5.99. The second-order valence-corrected chi connectivity index (χ2v) is 6.94. The molecule has 150 valence electrons. The number of ether oxygens (including phenoxy) is 2. The van der Waals surface area contributed by atoms with E-state index in [0.29, 0.717) is 35.8 Å². The highest BCUT2D eigenvalue weighted by Gasteiger charge is 2.24. The SMILES string of the molecule is CC1Oc2ccc(NC(=O)COc3cccc(N4CCCC4=O)c3)cc2NC1=O. The smallest absolute Gasteiger partial charge is 0.265 e. The summed E-state index contributed by atoms with van der Waals surface area (Å²) in [6.45, 7) is 2.18. The molecule has 2 aliphatic rings. The van der Waals surface area contributed by atoms with E-state index < -0.39 is 6.10 Å². The minimum atomic E-state index is -0.553. The zero-order valence-electron chi connectivity index (χ0n) is 15.9. The van der Waals surface area contributed by atoms with Gasteiger partial charge in [0.1, 0.15) is 11.5 Å². The lowest BCUT2D eigenvalue weighted by atomic mass is 10.2. The quantitative estimate of drug-likeness (QED) is 0.811. The van der Waals surface area contributed by atoms with Crippen LogP contribution in [0.2, 0.25) is 0 Å². The number of carbonyl (C=O) groups is 3. The van der Waals surface area contributed by atoms with Crippen LogP contribution in [0.25, 0.3) is 0 Å². The first kappa shape index (κ1) is 18.8. The Morgan fingerprint density at radius 1 is 1.28 bits per heavy atom. The summed E-state index contributed by atoms with van der Waals surface area (Å²) in [5.41, 5.74) is 1.80. The van der Waals surface area contributed by atoms with E-state index in [0.717, 1.165) is 12.1 Å². The second-order valence-electron chi connectivity index (χ2n) is 6.94. The number of hydrogen-bond donors (Lipinski definition) is 2. The van der Waals surface area contributed by atoms with Crippen LogP contribution >= 0.6 is 0 Å². The maximum Gasteiger partial charge on any atom is 0.265 e. The van der Waals surface area contributed by atoms with E-state index in [1.807, 2.05) is 6.07 Å². The van der Waals surface area contributed by atoms with Gasteiger partial charge in [-0.1, -0.05) is 6.07 Å². The van der Waals surface area contributed by atoms with Crippen LogP contribution in [0.1, 0.15) is 19.8 Å². The predicted molar refractivity (Wildman–Crippen MR) is 107 cm³/mol. The maximum atomic E-state index is 12.2. The van der Waals surface area contributed by atoms with Crippen molar-refractivity contribution in [1.29, 1.82) is 0 Å². The molecule has 1 fully saturated rings. The van der Waals surface area contributed by atoms with Crippen molar-refractivity contribution in [3.8, 4) is 11.5 Å². The van der Waals surface area contributed by atoms with Gasteiger partial charge in [0.05, 0.1) is 5.69 Å². The largest absolute Gasteiger partial charge is 0.484 e. The third kappa shape index (κ3) is 4.16. The first-order valence-electron chi connectivity index (χ1n) is 9.44. The monoisotopic (exact) mass is 395 g/mol. The number of hydrogen-bond acceptors (Lipinski definition) is 5. The van der Waals surface area contributed by atoms with Crippen LogP contribution in [0, 0.1) is 0 Å². The van der Waals surface area contributed by atoms with Crippen molar-refractivity contribution in [3.05, 3.63) is 42.5 Å². The van der Waals surface area contributed by atoms with Gasteiger partial charge in [-0.25, -0.2) is 0 Å². The average Bonchev–Trinajstić information content (AvgIpc) is 3.14. The van der Waals surface area contributed by atoms with E-state index in [9.17, 15) is 14.4 Å². The van der Waals surface area contributed by atoms with Crippen molar-refractivity contribution in [3.63, 3.8) is 0 Å². The van der Waals surface area contributed by atoms with Gasteiger partial charge < -0.3 is 25.0 Å². The topological polar surface area (TPSA) is 97.0 Å². The van der Waals surface area contributed by atoms with Crippen molar-refractivity contribution >= 4 is 34.8 Å². The number of rotatable bonds is 5. The number of amides is 3. The van der Waals surface area contributed by atoms with Gasteiger partial charge in [-0.2, -0.15) is 0 Å². The van der Waals surface area contributed by atoms with Crippen LogP contribution < -0.4 is 25.0 Å². The lowest BCUT2D eigenvalue weighted by molar-refractivity contribution is -0.122. The summed E-state index contributed by atoms with van der Waals surface area (Å²) in [5, 5.41) is 5.47. The Hall–Kier alpha value is -3.55. The molecule has 8 heteroatoms. The van der Waals surface area contributed by atoms with E-state index in [2.05, 4.69) is 10.6 Å². The number of anilines is 3. The molecule has 1 atom stereocenters. The number of fused-ring (bicyclic) bond motifs is 1. The normalized spacial score (nSPS) is 18.0. The summed E-state index contributed by atoms with van der Waals surface area (Å²) in [4.78, 5) is 37.6. The average molecular weight is 395 g/mol. The van der Waals surface area contributed by atoms with E-state index in [1.165, 1.54) is 0 Å². The van der Waals surface area contributed by atoms with Crippen LogP contribution in [0.5, 0.6) is 11.5 Å². The van der Waals surface area contributed by atoms with Gasteiger partial charge in [0.15, 0.2) is 12.7 Å². The van der Waals surface area contributed by atoms with Gasteiger partial charge in [-0.15, -0.1) is 0 Å². The molecule has 29 heavy (non-hydrogen) atoms. The first-order valence-corrected chi connectivity index (χ1v) is 9.44. The van der Waals surface area contributed by atoms with E-state index in [-0.39, 0.29) is 24.3 Å². The molecular weight excluding hydrogens is 374 g/mol. The van der Waals surface area contributed by atoms with Crippen molar-refractivity contribution in [2.45, 2.75) is 25.9 Å². The Balaban J connectivity index is 1.36. The molecule has 1 saturated heterocycles. The molecule has 3 amide bonds. The molecule has 2 aliphatic heterocycles. The van der Waals surface area contributed by atoms with Gasteiger partial charge in [0.2, 0.25) is 5.91 Å². The Bertz CT molecular complexity index is 975. The molecule has 0 spiro atoms. The van der Waals surface area contributed by atoms with Crippen LogP contribution in [0.3, 0.4) is 0 Å². The number of carbonyl (C=O) groups excluding carboxylic acids is 3. The number of nitrogens with one attached hydrogen (secondary N) is 2. The Kier molecular flexibility index (Phi) is 5.07. The van der Waals surface area contributed by atoms with Gasteiger partial charge >= 0.3 is 0 Å². The molecule has 0 bridgehead atoms. The minimum absolute atomic E-state index is 0.0952. The van der Waals surface area contributed by atoms with Crippen LogP contribution in [-0.2, 0) is 14.4 Å². The molecule has 0 aliphatic carbocycles. The minimum Gasteiger partial charge on any atom is -0.484 e. The highest BCUT2D eigenvalue weighted by atomic mass is 16.5. The Labute approximate surface area is 167 Å². The summed E-state index contributed by atoms with van der Waals surface area (Å²) in [6, 6.07) is 12.2. The molecular formula is C21H21N3O5. The standard InChI is InChI=1S/C21H21N3O5/c1-13-21(27)23-17-10-14(7-8-18(17)29-13)22-19(25)12-28-16-5-2-4-15(11-16)24-9-3-6-20(24)26/h2,4-5,7-8,10-11,13H,3,6,9,12H2,1H3,(H,22,25)(H,23,27). The summed E-state index contributed by atoms with van der Waals surface area (Å²) in [7, 11) is 0. The molecule has 4 rings (SSSR count). The van der Waals surface area contributed by atoms with Crippen molar-refractivity contribution in [2.75, 3.05) is 28.7 Å². The van der Waals surface area contributed by atoms with Gasteiger partial charge in [0, 0.05) is 30.4 Å². The van der Waals surface area contributed by atoms with Crippen molar-refractivity contribution < 1.29 is 23.9 Å².